The van der Waals surface area contributed by atoms with E-state index in [1.54, 1.807) is 0 Å². The molecule has 0 spiro atoms. The quantitative estimate of drug-likeness (QED) is 0.840. The molecule has 2 aliphatic heterocycles. The second kappa shape index (κ2) is 6.97. The van der Waals surface area contributed by atoms with Gasteiger partial charge < -0.3 is 20.1 Å². The summed E-state index contributed by atoms with van der Waals surface area (Å²) in [7, 11) is 0. The van der Waals surface area contributed by atoms with Gasteiger partial charge in [0, 0.05) is 31.2 Å². The second-order valence-corrected chi connectivity index (χ2v) is 7.33. The summed E-state index contributed by atoms with van der Waals surface area (Å²) in [5.74, 6) is 0. The minimum Gasteiger partial charge on any atom is -0.444 e. The van der Waals surface area contributed by atoms with E-state index in [4.69, 9.17) is 9.47 Å². The van der Waals surface area contributed by atoms with Crippen molar-refractivity contribution in [3.63, 3.8) is 0 Å². The van der Waals surface area contributed by atoms with Crippen LogP contribution in [0.3, 0.4) is 0 Å². The van der Waals surface area contributed by atoms with Gasteiger partial charge in [0.2, 0.25) is 0 Å². The number of piperidine rings is 1. The van der Waals surface area contributed by atoms with Crippen LogP contribution >= 0.6 is 0 Å². The Hall–Kier alpha value is -0.810. The third-order valence-corrected chi connectivity index (χ3v) is 4.52. The van der Waals surface area contributed by atoms with E-state index in [0.29, 0.717) is 12.6 Å². The molecule has 1 unspecified atom stereocenters. The Balaban J connectivity index is 1.94. The normalized spacial score (nSPS) is 26.1. The van der Waals surface area contributed by atoms with Gasteiger partial charge >= 0.3 is 6.09 Å². The zero-order valence-electron chi connectivity index (χ0n) is 13.7. The van der Waals surface area contributed by atoms with E-state index < -0.39 is 5.60 Å². The van der Waals surface area contributed by atoms with Crippen molar-refractivity contribution in [3.05, 3.63) is 0 Å². The third-order valence-electron chi connectivity index (χ3n) is 4.52. The molecule has 5 heteroatoms. The standard InChI is InChI=1S/C16H30N2O3/c1-15(2,3)21-14(19)18-12-16(7-10-20-11-8-16)13-6-4-5-9-17-13/h13,17H,4-12H2,1-3H3,(H,18,19). The molecular weight excluding hydrogens is 268 g/mol. The summed E-state index contributed by atoms with van der Waals surface area (Å²) in [5, 5.41) is 6.64. The fourth-order valence-corrected chi connectivity index (χ4v) is 3.36. The number of amides is 1. The van der Waals surface area contributed by atoms with Crippen molar-refractivity contribution in [2.75, 3.05) is 26.3 Å². The van der Waals surface area contributed by atoms with Crippen LogP contribution in [-0.4, -0.2) is 44.0 Å². The molecule has 122 valence electrons. The molecule has 1 atom stereocenters. The average Bonchev–Trinajstić information content (AvgIpc) is 2.45. The first-order valence-corrected chi connectivity index (χ1v) is 8.19. The number of alkyl carbamates (subject to hydrolysis) is 1. The minimum atomic E-state index is -0.448. The Morgan fingerprint density at radius 3 is 2.62 bits per heavy atom. The molecule has 21 heavy (non-hydrogen) atoms. The molecule has 0 aromatic carbocycles. The Morgan fingerprint density at radius 1 is 1.33 bits per heavy atom. The lowest BCUT2D eigenvalue weighted by molar-refractivity contribution is -0.0137. The first kappa shape index (κ1) is 16.6. The minimum absolute atomic E-state index is 0.107. The molecule has 2 N–H and O–H groups in total. The molecule has 0 radical (unpaired) electrons. The zero-order chi connectivity index (χ0) is 15.3. The lowest BCUT2D eigenvalue weighted by Crippen LogP contribution is -2.55. The highest BCUT2D eigenvalue weighted by Gasteiger charge is 2.41. The van der Waals surface area contributed by atoms with Crippen molar-refractivity contribution in [1.82, 2.24) is 10.6 Å². The van der Waals surface area contributed by atoms with E-state index in [1.165, 1.54) is 19.3 Å². The lowest BCUT2D eigenvalue weighted by Gasteiger charge is -2.45. The van der Waals surface area contributed by atoms with Crippen LogP contribution in [0.15, 0.2) is 0 Å². The number of nitrogens with one attached hydrogen (secondary N) is 2. The maximum Gasteiger partial charge on any atom is 0.407 e. The first-order valence-electron chi connectivity index (χ1n) is 8.19. The van der Waals surface area contributed by atoms with E-state index in [-0.39, 0.29) is 11.5 Å². The van der Waals surface area contributed by atoms with Gasteiger partial charge in [-0.1, -0.05) is 6.42 Å². The number of ether oxygens (including phenoxy) is 2. The smallest absolute Gasteiger partial charge is 0.407 e. The number of carbonyl (C=O) groups excluding carboxylic acids is 1. The van der Waals surface area contributed by atoms with Crippen LogP contribution in [0, 0.1) is 5.41 Å². The van der Waals surface area contributed by atoms with Crippen molar-refractivity contribution in [3.8, 4) is 0 Å². The van der Waals surface area contributed by atoms with Crippen molar-refractivity contribution in [2.45, 2.75) is 64.5 Å². The summed E-state index contributed by atoms with van der Waals surface area (Å²) in [4.78, 5) is 11.9. The average molecular weight is 298 g/mol. The van der Waals surface area contributed by atoms with Gasteiger partial charge in [0.1, 0.15) is 5.60 Å². The number of carbonyl (C=O) groups is 1. The molecule has 0 aliphatic carbocycles. The molecule has 0 bridgehead atoms. The van der Waals surface area contributed by atoms with Crippen LogP contribution < -0.4 is 10.6 Å². The number of hydrogen-bond acceptors (Lipinski definition) is 4. The van der Waals surface area contributed by atoms with Crippen LogP contribution in [0.2, 0.25) is 0 Å². The van der Waals surface area contributed by atoms with Crippen LogP contribution in [0.25, 0.3) is 0 Å². The molecule has 1 amide bonds. The molecule has 2 heterocycles. The summed E-state index contributed by atoms with van der Waals surface area (Å²) in [5.41, 5.74) is -0.342. The highest BCUT2D eigenvalue weighted by atomic mass is 16.6. The van der Waals surface area contributed by atoms with Crippen molar-refractivity contribution in [2.24, 2.45) is 5.41 Å². The van der Waals surface area contributed by atoms with Crippen LogP contribution in [0.4, 0.5) is 4.79 Å². The summed E-state index contributed by atoms with van der Waals surface area (Å²) >= 11 is 0. The van der Waals surface area contributed by atoms with E-state index in [0.717, 1.165) is 32.6 Å². The summed E-state index contributed by atoms with van der Waals surface area (Å²) in [6.07, 6.45) is 5.40. The van der Waals surface area contributed by atoms with Gasteiger partial charge in [-0.2, -0.15) is 0 Å². The summed E-state index contributed by atoms with van der Waals surface area (Å²) < 4.78 is 10.9. The van der Waals surface area contributed by atoms with Crippen molar-refractivity contribution < 1.29 is 14.3 Å². The van der Waals surface area contributed by atoms with E-state index in [2.05, 4.69) is 10.6 Å². The second-order valence-electron chi connectivity index (χ2n) is 7.33. The molecule has 0 saturated carbocycles. The maximum atomic E-state index is 11.9. The number of hydrogen-bond donors (Lipinski definition) is 2. The molecule has 0 aromatic heterocycles. The topological polar surface area (TPSA) is 59.6 Å². The monoisotopic (exact) mass is 298 g/mol. The molecule has 2 rings (SSSR count). The fourth-order valence-electron chi connectivity index (χ4n) is 3.36. The highest BCUT2D eigenvalue weighted by Crippen LogP contribution is 2.37. The highest BCUT2D eigenvalue weighted by molar-refractivity contribution is 5.67. The van der Waals surface area contributed by atoms with Crippen LogP contribution in [-0.2, 0) is 9.47 Å². The molecule has 2 fully saturated rings. The van der Waals surface area contributed by atoms with Gasteiger partial charge in [-0.25, -0.2) is 4.79 Å². The first-order chi connectivity index (χ1) is 9.91. The van der Waals surface area contributed by atoms with Gasteiger partial charge in [0.15, 0.2) is 0 Å². The predicted octanol–water partition coefficient (Wildman–Crippen LogP) is 2.45. The van der Waals surface area contributed by atoms with Crippen molar-refractivity contribution >= 4 is 6.09 Å². The Bertz CT molecular complexity index is 340. The van der Waals surface area contributed by atoms with E-state index >= 15 is 0 Å². The SMILES string of the molecule is CC(C)(C)OC(=O)NCC1(C2CCCCN2)CCOCC1. The van der Waals surface area contributed by atoms with E-state index in [1.807, 2.05) is 20.8 Å². The maximum absolute atomic E-state index is 11.9. The molecule has 2 aliphatic rings. The molecule has 2 saturated heterocycles. The van der Waals surface area contributed by atoms with Gasteiger partial charge in [0.05, 0.1) is 0 Å². The molecular formula is C16H30N2O3. The van der Waals surface area contributed by atoms with Crippen molar-refractivity contribution in [1.29, 1.82) is 0 Å². The number of rotatable bonds is 3. The third kappa shape index (κ3) is 4.85. The van der Waals surface area contributed by atoms with Crippen LogP contribution in [0.5, 0.6) is 0 Å². The Morgan fingerprint density at radius 2 is 2.05 bits per heavy atom. The van der Waals surface area contributed by atoms with E-state index in [9.17, 15) is 4.79 Å². The lowest BCUT2D eigenvalue weighted by atomic mass is 9.71. The fraction of sp³-hybridized carbons (Fsp3) is 0.938. The predicted molar refractivity (Wildman–Crippen MR) is 82.4 cm³/mol. The molecule has 0 aromatic rings. The summed E-state index contributed by atoms with van der Waals surface area (Å²) in [6, 6.07) is 0.477. The van der Waals surface area contributed by atoms with Gasteiger partial charge in [-0.3, -0.25) is 0 Å². The zero-order valence-corrected chi connectivity index (χ0v) is 13.7. The molecule has 5 nitrogen and oxygen atoms in total. The van der Waals surface area contributed by atoms with Gasteiger partial charge in [-0.05, 0) is 53.0 Å². The van der Waals surface area contributed by atoms with Crippen LogP contribution in [0.1, 0.15) is 52.9 Å². The van der Waals surface area contributed by atoms with Gasteiger partial charge in [0.25, 0.3) is 0 Å². The Kier molecular flexibility index (Phi) is 5.49. The summed E-state index contributed by atoms with van der Waals surface area (Å²) in [6.45, 7) is 8.99. The largest absolute Gasteiger partial charge is 0.444 e. The Labute approximate surface area is 128 Å². The van der Waals surface area contributed by atoms with Gasteiger partial charge in [-0.15, -0.1) is 0 Å².